The number of carbonyl (C=O) groups excluding carboxylic acids is 2. The third-order valence-corrected chi connectivity index (χ3v) is 5.49. The van der Waals surface area contributed by atoms with Gasteiger partial charge in [0.15, 0.2) is 0 Å². The van der Waals surface area contributed by atoms with Crippen LogP contribution >= 0.6 is 0 Å². The molecule has 0 aliphatic heterocycles. The van der Waals surface area contributed by atoms with Crippen molar-refractivity contribution in [3.63, 3.8) is 0 Å². The number of rotatable bonds is 9. The Morgan fingerprint density at radius 1 is 1.03 bits per heavy atom. The van der Waals surface area contributed by atoms with Crippen LogP contribution < -0.4 is 14.4 Å². The van der Waals surface area contributed by atoms with Crippen molar-refractivity contribution in [2.45, 2.75) is 26.3 Å². The molecule has 2 aromatic rings. The minimum absolute atomic E-state index is 0.256. The van der Waals surface area contributed by atoms with E-state index in [2.05, 4.69) is 10.1 Å². The number of hydrogen-bond acceptors (Lipinski definition) is 6. The second-order valence-electron chi connectivity index (χ2n) is 6.47. The Balaban J connectivity index is 2.28. The van der Waals surface area contributed by atoms with Gasteiger partial charge in [-0.3, -0.25) is 9.10 Å². The number of amides is 1. The summed E-state index contributed by atoms with van der Waals surface area (Å²) in [6, 6.07) is 11.7. The highest BCUT2D eigenvalue weighted by Gasteiger charge is 2.31. The first-order chi connectivity index (χ1) is 14.2. The highest BCUT2D eigenvalue weighted by Crippen LogP contribution is 2.26. The molecule has 30 heavy (non-hydrogen) atoms. The van der Waals surface area contributed by atoms with Gasteiger partial charge < -0.3 is 14.8 Å². The zero-order chi connectivity index (χ0) is 22.3. The number of nitrogens with zero attached hydrogens (tertiary/aromatic N) is 1. The van der Waals surface area contributed by atoms with Gasteiger partial charge in [0.05, 0.1) is 31.2 Å². The third kappa shape index (κ3) is 5.73. The Labute approximate surface area is 176 Å². The smallest absolute Gasteiger partial charge is 0.337 e. The van der Waals surface area contributed by atoms with E-state index in [1.807, 2.05) is 6.92 Å². The van der Waals surface area contributed by atoms with Crippen LogP contribution in [0, 0.1) is 0 Å². The molecule has 0 aromatic heterocycles. The van der Waals surface area contributed by atoms with Gasteiger partial charge >= 0.3 is 5.97 Å². The van der Waals surface area contributed by atoms with E-state index in [4.69, 9.17) is 4.74 Å². The van der Waals surface area contributed by atoms with Crippen LogP contribution in [0.3, 0.4) is 0 Å². The monoisotopic (exact) mass is 434 g/mol. The molecule has 162 valence electrons. The Morgan fingerprint density at radius 2 is 1.63 bits per heavy atom. The lowest BCUT2D eigenvalue weighted by Gasteiger charge is -2.30. The number of ether oxygens (including phenoxy) is 2. The number of carbonyl (C=O) groups is 2. The third-order valence-electron chi connectivity index (χ3n) is 4.31. The molecule has 0 spiro atoms. The molecule has 0 bridgehead atoms. The number of benzene rings is 2. The van der Waals surface area contributed by atoms with Crippen LogP contribution in [0.15, 0.2) is 48.5 Å². The minimum atomic E-state index is -3.74. The molecule has 2 rings (SSSR count). The van der Waals surface area contributed by atoms with E-state index in [9.17, 15) is 18.0 Å². The molecule has 1 N–H and O–H groups in total. The summed E-state index contributed by atoms with van der Waals surface area (Å²) < 4.78 is 36.2. The van der Waals surface area contributed by atoms with E-state index in [0.29, 0.717) is 29.3 Å². The fourth-order valence-electron chi connectivity index (χ4n) is 2.95. The van der Waals surface area contributed by atoms with Crippen molar-refractivity contribution in [1.29, 1.82) is 0 Å². The predicted molar refractivity (Wildman–Crippen MR) is 115 cm³/mol. The lowest BCUT2D eigenvalue weighted by atomic mass is 10.1. The average Bonchev–Trinajstić information content (AvgIpc) is 2.72. The first-order valence-electron chi connectivity index (χ1n) is 9.42. The summed E-state index contributed by atoms with van der Waals surface area (Å²) in [7, 11) is -2.46. The second kappa shape index (κ2) is 10.1. The van der Waals surface area contributed by atoms with Gasteiger partial charge in [0.25, 0.3) is 0 Å². The quantitative estimate of drug-likeness (QED) is 0.609. The van der Waals surface area contributed by atoms with Crippen LogP contribution in [0.5, 0.6) is 5.75 Å². The highest BCUT2D eigenvalue weighted by atomic mass is 32.2. The predicted octanol–water partition coefficient (Wildman–Crippen LogP) is 3.06. The van der Waals surface area contributed by atoms with Gasteiger partial charge in [-0.2, -0.15) is 0 Å². The maximum absolute atomic E-state index is 12.9. The van der Waals surface area contributed by atoms with Gasteiger partial charge in [-0.1, -0.05) is 6.92 Å². The number of methoxy groups -OCH3 is 1. The summed E-state index contributed by atoms with van der Waals surface area (Å²) in [5, 5.41) is 2.71. The van der Waals surface area contributed by atoms with Gasteiger partial charge in [0.1, 0.15) is 11.8 Å². The Kier molecular flexibility index (Phi) is 7.82. The van der Waals surface area contributed by atoms with Crippen LogP contribution in [0.2, 0.25) is 0 Å². The average molecular weight is 435 g/mol. The van der Waals surface area contributed by atoms with Crippen LogP contribution in [0.25, 0.3) is 0 Å². The Morgan fingerprint density at radius 3 is 2.10 bits per heavy atom. The van der Waals surface area contributed by atoms with Crippen molar-refractivity contribution in [2.75, 3.05) is 29.6 Å². The van der Waals surface area contributed by atoms with Crippen molar-refractivity contribution in [1.82, 2.24) is 0 Å². The first kappa shape index (κ1) is 23.2. The molecular formula is C21H26N2O6S. The van der Waals surface area contributed by atoms with Gasteiger partial charge in [0.2, 0.25) is 15.9 Å². The summed E-state index contributed by atoms with van der Waals surface area (Å²) in [5.41, 5.74) is 1.14. The summed E-state index contributed by atoms with van der Waals surface area (Å²) in [5.74, 6) is -0.362. The summed E-state index contributed by atoms with van der Waals surface area (Å²) in [6.45, 7) is 4.08. The SMILES string of the molecule is CCOc1ccc(N([C@H](CC)C(=O)Nc2ccc(C(=O)OC)cc2)S(C)(=O)=O)cc1. The zero-order valence-corrected chi connectivity index (χ0v) is 18.2. The van der Waals surface area contributed by atoms with E-state index in [1.165, 1.54) is 19.2 Å². The standard InChI is InChI=1S/C21H26N2O6S/c1-5-19(20(24)22-16-9-7-15(8-10-16)21(25)28-3)23(30(4,26)27)17-11-13-18(14-12-17)29-6-2/h7-14,19H,5-6H2,1-4H3,(H,22,24)/t19-/m1/s1. The normalized spacial score (nSPS) is 12.0. The summed E-state index contributed by atoms with van der Waals surface area (Å²) >= 11 is 0. The van der Waals surface area contributed by atoms with Crippen LogP contribution in [0.1, 0.15) is 30.6 Å². The van der Waals surface area contributed by atoms with E-state index in [1.54, 1.807) is 43.3 Å². The highest BCUT2D eigenvalue weighted by molar-refractivity contribution is 7.92. The molecule has 9 heteroatoms. The van der Waals surface area contributed by atoms with E-state index in [0.717, 1.165) is 10.6 Å². The maximum atomic E-state index is 12.9. The van der Waals surface area contributed by atoms with Gasteiger partial charge in [0, 0.05) is 5.69 Å². The maximum Gasteiger partial charge on any atom is 0.337 e. The second-order valence-corrected chi connectivity index (χ2v) is 8.33. The van der Waals surface area contributed by atoms with Crippen molar-refractivity contribution in [3.05, 3.63) is 54.1 Å². The van der Waals surface area contributed by atoms with E-state index < -0.39 is 27.9 Å². The summed E-state index contributed by atoms with van der Waals surface area (Å²) in [6.07, 6.45) is 1.32. The fraction of sp³-hybridized carbons (Fsp3) is 0.333. The summed E-state index contributed by atoms with van der Waals surface area (Å²) in [4.78, 5) is 24.4. The molecule has 0 heterocycles. The number of nitrogens with one attached hydrogen (secondary N) is 1. The molecule has 0 aliphatic carbocycles. The van der Waals surface area contributed by atoms with Gasteiger partial charge in [-0.25, -0.2) is 13.2 Å². The van der Waals surface area contributed by atoms with E-state index in [-0.39, 0.29) is 6.42 Å². The molecule has 1 atom stereocenters. The van der Waals surface area contributed by atoms with Crippen molar-refractivity contribution >= 4 is 33.3 Å². The molecule has 1 amide bonds. The lowest BCUT2D eigenvalue weighted by Crippen LogP contribution is -2.47. The Hall–Kier alpha value is -3.07. The zero-order valence-electron chi connectivity index (χ0n) is 17.4. The topological polar surface area (TPSA) is 102 Å². The molecule has 0 radical (unpaired) electrons. The number of hydrogen-bond donors (Lipinski definition) is 1. The van der Waals surface area contributed by atoms with Gasteiger partial charge in [-0.15, -0.1) is 0 Å². The molecule has 2 aromatic carbocycles. The molecule has 0 saturated heterocycles. The molecule has 8 nitrogen and oxygen atoms in total. The molecule has 0 aliphatic rings. The largest absolute Gasteiger partial charge is 0.494 e. The lowest BCUT2D eigenvalue weighted by molar-refractivity contribution is -0.117. The first-order valence-corrected chi connectivity index (χ1v) is 11.3. The molecule has 0 unspecified atom stereocenters. The minimum Gasteiger partial charge on any atom is -0.494 e. The van der Waals surface area contributed by atoms with Crippen LogP contribution in [-0.4, -0.2) is 46.3 Å². The number of sulfonamides is 1. The number of esters is 1. The Bertz CT molecular complexity index is 972. The molecule has 0 fully saturated rings. The van der Waals surface area contributed by atoms with Crippen molar-refractivity contribution in [3.8, 4) is 5.75 Å². The fourth-order valence-corrected chi connectivity index (χ4v) is 4.16. The number of anilines is 2. The van der Waals surface area contributed by atoms with Crippen molar-refractivity contribution < 1.29 is 27.5 Å². The van der Waals surface area contributed by atoms with Crippen molar-refractivity contribution in [2.24, 2.45) is 0 Å². The molecular weight excluding hydrogens is 408 g/mol. The molecule has 0 saturated carbocycles. The van der Waals surface area contributed by atoms with Crippen LogP contribution in [-0.2, 0) is 19.6 Å². The van der Waals surface area contributed by atoms with Crippen LogP contribution in [0.4, 0.5) is 11.4 Å². The van der Waals surface area contributed by atoms with E-state index >= 15 is 0 Å². The van der Waals surface area contributed by atoms with Gasteiger partial charge in [-0.05, 0) is 61.9 Å².